The Morgan fingerprint density at radius 3 is 2.44 bits per heavy atom. The topological polar surface area (TPSA) is 63.8 Å². The number of nitrogens with zero attached hydrogens (tertiary/aromatic N) is 2. The summed E-state index contributed by atoms with van der Waals surface area (Å²) in [4.78, 5) is 17.3. The predicted octanol–water partition coefficient (Wildman–Crippen LogP) is 3.86. The second kappa shape index (κ2) is 10.4. The quantitative estimate of drug-likeness (QED) is 0.370. The number of allylic oxidation sites excluding steroid dienone is 1. The number of carbonyl (C=O) groups excluding carboxylic acids is 1. The molecule has 0 radical (unpaired) electrons. The van der Waals surface area contributed by atoms with Crippen molar-refractivity contribution in [1.29, 1.82) is 0 Å². The van der Waals surface area contributed by atoms with Gasteiger partial charge in [0.25, 0.3) is 0 Å². The first-order valence-corrected chi connectivity index (χ1v) is 12.3. The lowest BCUT2D eigenvalue weighted by Gasteiger charge is -2.48. The summed E-state index contributed by atoms with van der Waals surface area (Å²) in [7, 11) is 1.71. The lowest BCUT2D eigenvalue weighted by Crippen LogP contribution is -2.61. The van der Waals surface area contributed by atoms with Gasteiger partial charge in [-0.2, -0.15) is 0 Å². The van der Waals surface area contributed by atoms with E-state index in [-0.39, 0.29) is 35.9 Å². The largest absolute Gasteiger partial charge is 0.443 e. The van der Waals surface area contributed by atoms with Crippen molar-refractivity contribution in [2.24, 2.45) is 5.92 Å². The standard InChI is InChI=1S/C25H44N2O5/c1-8-26(9-2)16-19-11-14-27(19)23(28)32-20-10-13-25(17-31-25)22(21(20)29-7)24(5,6)30-15-12-18(3)4/h12,19-22H,8-11,13-17H2,1-7H3/t19-,20-,21-,22-,25+/m1/s1. The third-order valence-corrected chi connectivity index (χ3v) is 7.59. The van der Waals surface area contributed by atoms with Gasteiger partial charge in [-0.15, -0.1) is 0 Å². The molecule has 0 unspecified atom stereocenters. The number of likely N-dealkylation sites (tertiary alicyclic amines) is 1. The Bertz CT molecular complexity index is 667. The van der Waals surface area contributed by atoms with Crippen LogP contribution < -0.4 is 0 Å². The molecule has 1 amide bonds. The molecule has 3 rings (SSSR count). The van der Waals surface area contributed by atoms with Gasteiger partial charge in [-0.1, -0.05) is 25.5 Å². The van der Waals surface area contributed by atoms with Crippen LogP contribution in [-0.2, 0) is 18.9 Å². The van der Waals surface area contributed by atoms with E-state index in [0.29, 0.717) is 13.2 Å². The van der Waals surface area contributed by atoms with Gasteiger partial charge in [-0.05, 0) is 60.0 Å². The van der Waals surface area contributed by atoms with Crippen LogP contribution >= 0.6 is 0 Å². The lowest BCUT2D eigenvalue weighted by atomic mass is 9.68. The van der Waals surface area contributed by atoms with Gasteiger partial charge in [0.05, 0.1) is 24.4 Å². The molecule has 32 heavy (non-hydrogen) atoms. The molecular formula is C25H44N2O5. The van der Waals surface area contributed by atoms with Crippen molar-refractivity contribution in [2.75, 3.05) is 46.5 Å². The summed E-state index contributed by atoms with van der Waals surface area (Å²) in [6.45, 7) is 17.6. The van der Waals surface area contributed by atoms with Crippen LogP contribution in [0.2, 0.25) is 0 Å². The third kappa shape index (κ3) is 5.49. The molecule has 5 atom stereocenters. The normalized spacial score (nSPS) is 32.1. The molecule has 7 heteroatoms. The summed E-state index contributed by atoms with van der Waals surface area (Å²) >= 11 is 0. The second-order valence-corrected chi connectivity index (χ2v) is 10.3. The minimum absolute atomic E-state index is 0.0139. The molecule has 0 N–H and O–H groups in total. The van der Waals surface area contributed by atoms with Crippen LogP contribution in [-0.4, -0.2) is 91.8 Å². The Labute approximate surface area is 194 Å². The lowest BCUT2D eigenvalue weighted by molar-refractivity contribution is -0.175. The molecule has 2 heterocycles. The number of carbonyl (C=O) groups is 1. The highest BCUT2D eigenvalue weighted by Gasteiger charge is 2.64. The van der Waals surface area contributed by atoms with Gasteiger partial charge >= 0.3 is 6.09 Å². The molecule has 0 aromatic rings. The zero-order valence-corrected chi connectivity index (χ0v) is 21.2. The molecule has 1 saturated carbocycles. The fourth-order valence-corrected chi connectivity index (χ4v) is 5.44. The Morgan fingerprint density at radius 1 is 1.25 bits per heavy atom. The van der Waals surface area contributed by atoms with Crippen molar-refractivity contribution in [3.63, 3.8) is 0 Å². The Morgan fingerprint density at radius 2 is 1.94 bits per heavy atom. The molecule has 0 aromatic carbocycles. The maximum Gasteiger partial charge on any atom is 0.410 e. The number of amides is 1. The van der Waals surface area contributed by atoms with E-state index in [1.54, 1.807) is 7.11 Å². The zero-order valence-electron chi connectivity index (χ0n) is 21.2. The maximum atomic E-state index is 13.1. The molecule has 0 aromatic heterocycles. The van der Waals surface area contributed by atoms with Crippen molar-refractivity contribution >= 4 is 6.09 Å². The van der Waals surface area contributed by atoms with E-state index in [4.69, 9.17) is 18.9 Å². The maximum absolute atomic E-state index is 13.1. The van der Waals surface area contributed by atoms with E-state index in [9.17, 15) is 4.79 Å². The summed E-state index contributed by atoms with van der Waals surface area (Å²) in [5.74, 6) is -0.0139. The van der Waals surface area contributed by atoms with Crippen molar-refractivity contribution in [3.8, 4) is 0 Å². The van der Waals surface area contributed by atoms with Gasteiger partial charge < -0.3 is 28.7 Å². The predicted molar refractivity (Wildman–Crippen MR) is 125 cm³/mol. The second-order valence-electron chi connectivity index (χ2n) is 10.3. The van der Waals surface area contributed by atoms with E-state index in [0.717, 1.165) is 45.4 Å². The van der Waals surface area contributed by atoms with Crippen LogP contribution in [0.5, 0.6) is 0 Å². The summed E-state index contributed by atoms with van der Waals surface area (Å²) in [5.41, 5.74) is 0.516. The average Bonchev–Trinajstić information content (AvgIpc) is 3.48. The van der Waals surface area contributed by atoms with Gasteiger partial charge in [0.1, 0.15) is 12.2 Å². The number of ether oxygens (including phenoxy) is 4. The molecule has 1 aliphatic carbocycles. The minimum Gasteiger partial charge on any atom is -0.443 e. The highest BCUT2D eigenvalue weighted by atomic mass is 16.6. The summed E-state index contributed by atoms with van der Waals surface area (Å²) in [5, 5.41) is 0. The first-order chi connectivity index (χ1) is 15.2. The van der Waals surface area contributed by atoms with E-state index in [1.165, 1.54) is 5.57 Å². The van der Waals surface area contributed by atoms with Crippen LogP contribution in [0.1, 0.15) is 60.8 Å². The Hall–Kier alpha value is -1.15. The minimum atomic E-state index is -0.476. The van der Waals surface area contributed by atoms with Crippen molar-refractivity contribution in [3.05, 3.63) is 11.6 Å². The van der Waals surface area contributed by atoms with E-state index >= 15 is 0 Å². The molecule has 2 saturated heterocycles. The summed E-state index contributed by atoms with van der Waals surface area (Å²) < 4.78 is 24.4. The molecule has 1 spiro atoms. The van der Waals surface area contributed by atoms with Gasteiger partial charge in [0.15, 0.2) is 0 Å². The number of rotatable bonds is 10. The Balaban J connectivity index is 1.67. The van der Waals surface area contributed by atoms with Crippen LogP contribution in [0, 0.1) is 5.92 Å². The number of methoxy groups -OCH3 is 1. The number of hydrogen-bond donors (Lipinski definition) is 0. The van der Waals surface area contributed by atoms with Crippen molar-refractivity contribution < 1.29 is 23.7 Å². The molecule has 184 valence electrons. The molecule has 2 aliphatic heterocycles. The van der Waals surface area contributed by atoms with Gasteiger partial charge in [-0.3, -0.25) is 0 Å². The number of hydrogen-bond acceptors (Lipinski definition) is 6. The first kappa shape index (κ1) is 25.5. The molecule has 7 nitrogen and oxygen atoms in total. The number of epoxide rings is 1. The van der Waals surface area contributed by atoms with Crippen molar-refractivity contribution in [1.82, 2.24) is 9.80 Å². The molecule has 3 fully saturated rings. The fourth-order valence-electron chi connectivity index (χ4n) is 5.44. The van der Waals surface area contributed by atoms with Crippen LogP contribution in [0.25, 0.3) is 0 Å². The van der Waals surface area contributed by atoms with Crippen molar-refractivity contribution in [2.45, 2.75) is 90.3 Å². The zero-order chi connectivity index (χ0) is 23.5. The Kier molecular flexibility index (Phi) is 8.29. The average molecular weight is 453 g/mol. The van der Waals surface area contributed by atoms with Gasteiger partial charge in [0, 0.05) is 32.2 Å². The van der Waals surface area contributed by atoms with E-state index < -0.39 is 5.60 Å². The monoisotopic (exact) mass is 452 g/mol. The first-order valence-electron chi connectivity index (χ1n) is 12.3. The third-order valence-electron chi connectivity index (χ3n) is 7.59. The highest BCUT2D eigenvalue weighted by molar-refractivity contribution is 5.69. The van der Waals surface area contributed by atoms with Crippen LogP contribution in [0.3, 0.4) is 0 Å². The molecule has 0 bridgehead atoms. The number of likely N-dealkylation sites (N-methyl/N-ethyl adjacent to an activating group) is 1. The van der Waals surface area contributed by atoms with E-state index in [1.807, 2.05) is 4.90 Å². The SMILES string of the molecule is CCN(CC)C[C@H]1CCN1C(=O)O[C@@H]1CC[C@]2(CO2)[C@@H](C(C)(C)OCC=C(C)C)[C@@H]1OC. The van der Waals surface area contributed by atoms with Gasteiger partial charge in [0.2, 0.25) is 0 Å². The summed E-state index contributed by atoms with van der Waals surface area (Å²) in [6.07, 6.45) is 3.95. The highest BCUT2D eigenvalue weighted by Crippen LogP contribution is 2.52. The summed E-state index contributed by atoms with van der Waals surface area (Å²) in [6, 6.07) is 0.240. The molecule has 3 aliphatic rings. The van der Waals surface area contributed by atoms with Gasteiger partial charge in [-0.25, -0.2) is 4.79 Å². The smallest absolute Gasteiger partial charge is 0.410 e. The van der Waals surface area contributed by atoms with E-state index in [2.05, 4.69) is 52.5 Å². The molecular weight excluding hydrogens is 408 g/mol. The fraction of sp³-hybridized carbons (Fsp3) is 0.880. The van der Waals surface area contributed by atoms with Crippen LogP contribution in [0.15, 0.2) is 11.6 Å². The van der Waals surface area contributed by atoms with Crippen LogP contribution in [0.4, 0.5) is 4.79 Å².